The van der Waals surface area contributed by atoms with Crippen molar-refractivity contribution in [1.29, 1.82) is 0 Å². The highest BCUT2D eigenvalue weighted by atomic mass is 32.2. The third-order valence-electron chi connectivity index (χ3n) is 3.70. The molecule has 0 aliphatic heterocycles. The fourth-order valence-electron chi connectivity index (χ4n) is 2.65. The van der Waals surface area contributed by atoms with Crippen molar-refractivity contribution in [1.82, 2.24) is 9.78 Å². The number of rotatable bonds is 5. The molecule has 0 amide bonds. The summed E-state index contributed by atoms with van der Waals surface area (Å²) in [4.78, 5) is 11.3. The summed E-state index contributed by atoms with van der Waals surface area (Å²) in [6.07, 6.45) is 7.92. The molecule has 2 rings (SSSR count). The predicted molar refractivity (Wildman–Crippen MR) is 74.7 cm³/mol. The molecule has 1 aromatic rings. The van der Waals surface area contributed by atoms with Crippen molar-refractivity contribution in [3.8, 4) is 0 Å². The van der Waals surface area contributed by atoms with Crippen molar-refractivity contribution in [3.05, 3.63) is 17.5 Å². The van der Waals surface area contributed by atoms with E-state index in [1.807, 2.05) is 0 Å². The largest absolute Gasteiger partial charge is 0.478 e. The SMILES string of the molecule is CS(=O)(=O)CCn1cc(C(=O)O)c(C2CCCCC2)n1. The molecule has 6 nitrogen and oxygen atoms in total. The third-order valence-corrected chi connectivity index (χ3v) is 4.63. The molecule has 7 heteroatoms. The van der Waals surface area contributed by atoms with E-state index in [0.29, 0.717) is 5.69 Å². The van der Waals surface area contributed by atoms with E-state index in [1.165, 1.54) is 17.3 Å². The molecule has 0 saturated heterocycles. The van der Waals surface area contributed by atoms with Crippen molar-refractivity contribution in [3.63, 3.8) is 0 Å². The van der Waals surface area contributed by atoms with Crippen molar-refractivity contribution in [2.24, 2.45) is 0 Å². The lowest BCUT2D eigenvalue weighted by Crippen LogP contribution is -2.12. The maximum atomic E-state index is 11.3. The predicted octanol–water partition coefficient (Wildman–Crippen LogP) is 1.67. The summed E-state index contributed by atoms with van der Waals surface area (Å²) in [7, 11) is -3.08. The lowest BCUT2D eigenvalue weighted by atomic mass is 9.85. The molecule has 0 atom stereocenters. The number of carboxylic acid groups (broad SMARTS) is 1. The zero-order valence-corrected chi connectivity index (χ0v) is 12.4. The first-order valence-electron chi connectivity index (χ1n) is 6.85. The molecular weight excluding hydrogens is 280 g/mol. The number of aryl methyl sites for hydroxylation is 1. The van der Waals surface area contributed by atoms with Crippen LogP contribution in [0.3, 0.4) is 0 Å². The minimum Gasteiger partial charge on any atom is -0.478 e. The molecule has 1 aliphatic carbocycles. The highest BCUT2D eigenvalue weighted by Crippen LogP contribution is 2.33. The van der Waals surface area contributed by atoms with Crippen LogP contribution in [0.15, 0.2) is 6.20 Å². The van der Waals surface area contributed by atoms with Gasteiger partial charge in [-0.05, 0) is 12.8 Å². The fraction of sp³-hybridized carbons (Fsp3) is 0.692. The molecule has 1 aromatic heterocycles. The Kier molecular flexibility index (Phi) is 4.47. The zero-order valence-electron chi connectivity index (χ0n) is 11.6. The van der Waals surface area contributed by atoms with Gasteiger partial charge in [0.05, 0.1) is 18.0 Å². The molecule has 0 aromatic carbocycles. The van der Waals surface area contributed by atoms with Gasteiger partial charge in [0.1, 0.15) is 15.4 Å². The quantitative estimate of drug-likeness (QED) is 0.893. The van der Waals surface area contributed by atoms with Gasteiger partial charge in [-0.15, -0.1) is 0 Å². The van der Waals surface area contributed by atoms with Gasteiger partial charge in [-0.1, -0.05) is 19.3 Å². The molecule has 20 heavy (non-hydrogen) atoms. The van der Waals surface area contributed by atoms with Crippen molar-refractivity contribution in [2.75, 3.05) is 12.0 Å². The van der Waals surface area contributed by atoms with Gasteiger partial charge in [-0.3, -0.25) is 4.68 Å². The van der Waals surface area contributed by atoms with E-state index in [0.717, 1.165) is 31.9 Å². The summed E-state index contributed by atoms with van der Waals surface area (Å²) in [5, 5.41) is 13.6. The Labute approximate surface area is 118 Å². The van der Waals surface area contributed by atoms with Gasteiger partial charge in [0, 0.05) is 18.4 Å². The molecule has 1 heterocycles. The van der Waals surface area contributed by atoms with E-state index in [2.05, 4.69) is 5.10 Å². The summed E-state index contributed by atoms with van der Waals surface area (Å²) in [5.74, 6) is -0.830. The topological polar surface area (TPSA) is 89.3 Å². The lowest BCUT2D eigenvalue weighted by molar-refractivity contribution is 0.0694. The fourth-order valence-corrected chi connectivity index (χ4v) is 3.17. The number of carbonyl (C=O) groups is 1. The first-order chi connectivity index (χ1) is 9.37. The van der Waals surface area contributed by atoms with Crippen LogP contribution in [0.5, 0.6) is 0 Å². The number of hydrogen-bond acceptors (Lipinski definition) is 4. The number of sulfone groups is 1. The van der Waals surface area contributed by atoms with E-state index >= 15 is 0 Å². The Morgan fingerprint density at radius 3 is 2.60 bits per heavy atom. The smallest absolute Gasteiger partial charge is 0.339 e. The van der Waals surface area contributed by atoms with Gasteiger partial charge in [0.2, 0.25) is 0 Å². The van der Waals surface area contributed by atoms with E-state index in [4.69, 9.17) is 0 Å². The molecular formula is C13H20N2O4S. The van der Waals surface area contributed by atoms with Crippen LogP contribution < -0.4 is 0 Å². The second-order valence-corrected chi connectivity index (χ2v) is 7.72. The van der Waals surface area contributed by atoms with E-state index in [9.17, 15) is 18.3 Å². The molecule has 1 fully saturated rings. The van der Waals surface area contributed by atoms with Crippen molar-refractivity contribution in [2.45, 2.75) is 44.6 Å². The monoisotopic (exact) mass is 300 g/mol. The van der Waals surface area contributed by atoms with Crippen molar-refractivity contribution >= 4 is 15.8 Å². The first kappa shape index (κ1) is 15.0. The Morgan fingerprint density at radius 2 is 2.05 bits per heavy atom. The van der Waals surface area contributed by atoms with Crippen LogP contribution in [-0.2, 0) is 16.4 Å². The number of aromatic nitrogens is 2. The summed E-state index contributed by atoms with van der Waals surface area (Å²) < 4.78 is 23.8. The van der Waals surface area contributed by atoms with Gasteiger partial charge in [-0.2, -0.15) is 5.10 Å². The maximum absolute atomic E-state index is 11.3. The average Bonchev–Trinajstić information content (AvgIpc) is 2.81. The molecule has 1 aliphatic rings. The normalized spacial score (nSPS) is 17.2. The van der Waals surface area contributed by atoms with E-state index in [1.54, 1.807) is 0 Å². The third kappa shape index (κ3) is 3.82. The molecule has 0 spiro atoms. The standard InChI is InChI=1S/C13H20N2O4S/c1-20(18,19)8-7-15-9-11(13(16)17)12(14-15)10-5-3-2-4-6-10/h9-10H,2-8H2,1H3,(H,16,17). The van der Waals surface area contributed by atoms with Gasteiger partial charge in [0.15, 0.2) is 0 Å². The van der Waals surface area contributed by atoms with Crippen LogP contribution in [0.4, 0.5) is 0 Å². The minimum absolute atomic E-state index is 0.0299. The number of aromatic carboxylic acids is 1. The molecule has 0 radical (unpaired) electrons. The van der Waals surface area contributed by atoms with Crippen LogP contribution in [0.1, 0.15) is 54.1 Å². The van der Waals surface area contributed by atoms with Gasteiger partial charge in [0.25, 0.3) is 0 Å². The van der Waals surface area contributed by atoms with Gasteiger partial charge in [-0.25, -0.2) is 13.2 Å². The average molecular weight is 300 g/mol. The second kappa shape index (κ2) is 5.95. The highest BCUT2D eigenvalue weighted by Gasteiger charge is 2.25. The number of carboxylic acids is 1. The van der Waals surface area contributed by atoms with Crippen molar-refractivity contribution < 1.29 is 18.3 Å². The Morgan fingerprint density at radius 1 is 1.40 bits per heavy atom. The summed E-state index contributed by atoms with van der Waals surface area (Å²) in [5.41, 5.74) is 0.830. The Hall–Kier alpha value is -1.37. The van der Waals surface area contributed by atoms with Crippen LogP contribution in [-0.4, -0.2) is 41.3 Å². The van der Waals surface area contributed by atoms with Crippen LogP contribution in [0.25, 0.3) is 0 Å². The molecule has 0 unspecified atom stereocenters. The van der Waals surface area contributed by atoms with Gasteiger partial charge >= 0.3 is 5.97 Å². The molecule has 1 saturated carbocycles. The Balaban J connectivity index is 2.21. The summed E-state index contributed by atoms with van der Waals surface area (Å²) in [6, 6.07) is 0. The maximum Gasteiger partial charge on any atom is 0.339 e. The molecule has 1 N–H and O–H groups in total. The summed E-state index contributed by atoms with van der Waals surface area (Å²) in [6.45, 7) is 0.200. The van der Waals surface area contributed by atoms with E-state index < -0.39 is 15.8 Å². The van der Waals surface area contributed by atoms with E-state index in [-0.39, 0.29) is 23.8 Å². The van der Waals surface area contributed by atoms with Crippen LogP contribution in [0, 0.1) is 0 Å². The minimum atomic E-state index is -3.08. The van der Waals surface area contributed by atoms with Crippen LogP contribution >= 0.6 is 0 Å². The number of nitrogens with zero attached hydrogens (tertiary/aromatic N) is 2. The first-order valence-corrected chi connectivity index (χ1v) is 8.91. The highest BCUT2D eigenvalue weighted by molar-refractivity contribution is 7.90. The van der Waals surface area contributed by atoms with Crippen LogP contribution in [0.2, 0.25) is 0 Å². The lowest BCUT2D eigenvalue weighted by Gasteiger charge is -2.20. The summed E-state index contributed by atoms with van der Waals surface area (Å²) >= 11 is 0. The van der Waals surface area contributed by atoms with Gasteiger partial charge < -0.3 is 5.11 Å². The molecule has 0 bridgehead atoms. The number of hydrogen-bond donors (Lipinski definition) is 1. The zero-order chi connectivity index (χ0) is 14.8. The Bertz CT molecular complexity index is 586. The second-order valence-electron chi connectivity index (χ2n) is 5.46. The molecule has 112 valence electrons.